The zero-order valence-corrected chi connectivity index (χ0v) is 14.1. The van der Waals surface area contributed by atoms with E-state index >= 15 is 0 Å². The Morgan fingerprint density at radius 2 is 2.10 bits per heavy atom. The number of hydrogen-bond donors (Lipinski definition) is 1. The Balaban J connectivity index is 1.56. The van der Waals surface area contributed by atoms with Gasteiger partial charge in [-0.05, 0) is 48.8 Å². The molecule has 1 aromatic rings. The molecule has 0 saturated carbocycles. The molecule has 0 radical (unpaired) electrons. The molecule has 1 N–H and O–H groups in total. The fourth-order valence-electron chi connectivity index (χ4n) is 3.19. The van der Waals surface area contributed by atoms with E-state index < -0.39 is 0 Å². The second-order valence-corrected chi connectivity index (χ2v) is 7.88. The first kappa shape index (κ1) is 14.9. The number of thioether (sulfide) groups is 1. The van der Waals surface area contributed by atoms with E-state index in [-0.39, 0.29) is 5.60 Å². The van der Waals surface area contributed by atoms with Crippen molar-refractivity contribution in [1.29, 1.82) is 0 Å². The van der Waals surface area contributed by atoms with Crippen molar-refractivity contribution in [2.45, 2.75) is 43.9 Å². The summed E-state index contributed by atoms with van der Waals surface area (Å²) in [5.74, 6) is 2.52. The van der Waals surface area contributed by atoms with E-state index in [0.717, 1.165) is 19.6 Å². The Bertz CT molecular complexity index is 442. The van der Waals surface area contributed by atoms with Crippen LogP contribution < -0.4 is 5.32 Å². The fourth-order valence-corrected chi connectivity index (χ4v) is 4.85. The molecule has 2 fully saturated rings. The van der Waals surface area contributed by atoms with E-state index in [1.807, 2.05) is 0 Å². The van der Waals surface area contributed by atoms with Crippen LogP contribution in [0.3, 0.4) is 0 Å². The molecule has 2 nitrogen and oxygen atoms in total. The summed E-state index contributed by atoms with van der Waals surface area (Å²) >= 11 is 5.69. The Kier molecular flexibility index (Phi) is 5.08. The van der Waals surface area contributed by atoms with Crippen LogP contribution in [0.4, 0.5) is 0 Å². The minimum absolute atomic E-state index is 0.176. The third-order valence-corrected chi connectivity index (χ3v) is 6.20. The first-order valence-electron chi connectivity index (χ1n) is 7.46. The highest BCUT2D eigenvalue weighted by Gasteiger charge is 2.38. The molecule has 0 aromatic heterocycles. The summed E-state index contributed by atoms with van der Waals surface area (Å²) in [4.78, 5) is 0. The quantitative estimate of drug-likeness (QED) is 0.885. The van der Waals surface area contributed by atoms with Gasteiger partial charge in [-0.25, -0.2) is 0 Å². The second kappa shape index (κ2) is 6.82. The first-order valence-corrected chi connectivity index (χ1v) is 9.41. The molecule has 2 saturated heterocycles. The average Bonchev–Trinajstić information content (AvgIpc) is 2.47. The number of rotatable bonds is 3. The minimum Gasteiger partial charge on any atom is -0.375 e. The average molecular weight is 356 g/mol. The fraction of sp³-hybridized carbons (Fsp3) is 0.625. The van der Waals surface area contributed by atoms with E-state index in [1.54, 1.807) is 0 Å². The van der Waals surface area contributed by atoms with Gasteiger partial charge in [-0.15, -0.1) is 0 Å². The lowest BCUT2D eigenvalue weighted by Gasteiger charge is -2.43. The molecule has 20 heavy (non-hydrogen) atoms. The van der Waals surface area contributed by atoms with E-state index in [4.69, 9.17) is 4.74 Å². The van der Waals surface area contributed by atoms with Gasteiger partial charge in [0.1, 0.15) is 0 Å². The van der Waals surface area contributed by atoms with Gasteiger partial charge in [-0.3, -0.25) is 0 Å². The van der Waals surface area contributed by atoms with Gasteiger partial charge in [0.05, 0.1) is 5.60 Å². The second-order valence-electron chi connectivity index (χ2n) is 5.81. The zero-order chi connectivity index (χ0) is 13.8. The minimum atomic E-state index is 0.176. The topological polar surface area (TPSA) is 21.3 Å². The van der Waals surface area contributed by atoms with Crippen LogP contribution in [0.2, 0.25) is 0 Å². The smallest absolute Gasteiger partial charge is 0.0713 e. The molecule has 1 spiro atoms. The Morgan fingerprint density at radius 3 is 2.90 bits per heavy atom. The molecule has 1 atom stereocenters. The van der Waals surface area contributed by atoms with Crippen LogP contribution in [0.25, 0.3) is 0 Å². The number of nitrogens with one attached hydrogen (secondary N) is 1. The summed E-state index contributed by atoms with van der Waals surface area (Å²) in [6.45, 7) is 1.86. The predicted octanol–water partition coefficient (Wildman–Crippen LogP) is 3.98. The normalized spacial score (nSPS) is 25.8. The summed E-state index contributed by atoms with van der Waals surface area (Å²) in [6.07, 6.45) is 4.77. The first-order chi connectivity index (χ1) is 9.77. The Hall–Kier alpha value is -0.0300. The lowest BCUT2D eigenvalue weighted by atomic mass is 9.85. The maximum Gasteiger partial charge on any atom is 0.0713 e. The highest BCUT2D eigenvalue weighted by atomic mass is 79.9. The summed E-state index contributed by atoms with van der Waals surface area (Å²) in [7, 11) is 0. The predicted molar refractivity (Wildman–Crippen MR) is 89.2 cm³/mol. The van der Waals surface area contributed by atoms with E-state index in [2.05, 4.69) is 57.3 Å². The molecule has 3 rings (SSSR count). The Labute approximate surface area is 134 Å². The molecule has 0 bridgehead atoms. The maximum absolute atomic E-state index is 6.15. The number of ether oxygens (including phenoxy) is 1. The van der Waals surface area contributed by atoms with Gasteiger partial charge in [0.2, 0.25) is 0 Å². The number of hydrogen-bond acceptors (Lipinski definition) is 3. The van der Waals surface area contributed by atoms with Crippen LogP contribution in [0.1, 0.15) is 31.2 Å². The third-order valence-electron chi connectivity index (χ3n) is 4.44. The lowest BCUT2D eigenvalue weighted by Crippen LogP contribution is -2.48. The van der Waals surface area contributed by atoms with Crippen LogP contribution in [0.15, 0.2) is 28.7 Å². The van der Waals surface area contributed by atoms with Crippen LogP contribution in [-0.2, 0) is 11.3 Å². The van der Waals surface area contributed by atoms with Crippen molar-refractivity contribution in [2.75, 3.05) is 18.1 Å². The van der Waals surface area contributed by atoms with Gasteiger partial charge >= 0.3 is 0 Å². The molecule has 110 valence electrons. The van der Waals surface area contributed by atoms with Gasteiger partial charge < -0.3 is 10.1 Å². The van der Waals surface area contributed by atoms with Crippen LogP contribution in [-0.4, -0.2) is 29.8 Å². The lowest BCUT2D eigenvalue weighted by molar-refractivity contribution is -0.0933. The molecule has 0 aliphatic carbocycles. The van der Waals surface area contributed by atoms with Crippen LogP contribution >= 0.6 is 27.7 Å². The van der Waals surface area contributed by atoms with Crippen molar-refractivity contribution >= 4 is 27.7 Å². The molecule has 0 amide bonds. The molecule has 2 aliphatic rings. The molecule has 1 aromatic carbocycles. The highest BCUT2D eigenvalue weighted by molar-refractivity contribution is 9.10. The van der Waals surface area contributed by atoms with E-state index in [1.165, 1.54) is 40.8 Å². The number of halogens is 1. The molecule has 4 heteroatoms. The summed E-state index contributed by atoms with van der Waals surface area (Å²) in [6, 6.07) is 9.06. The zero-order valence-electron chi connectivity index (χ0n) is 11.7. The van der Waals surface area contributed by atoms with Crippen molar-refractivity contribution in [2.24, 2.45) is 0 Å². The Morgan fingerprint density at radius 1 is 1.30 bits per heavy atom. The van der Waals surface area contributed by atoms with Crippen molar-refractivity contribution in [3.63, 3.8) is 0 Å². The molecular formula is C16H22BrNOS. The van der Waals surface area contributed by atoms with E-state index in [9.17, 15) is 0 Å². The SMILES string of the molecule is Brc1ccccc1CNC1CCOC2(CCSCC2)C1. The van der Waals surface area contributed by atoms with Crippen molar-refractivity contribution in [1.82, 2.24) is 5.32 Å². The molecule has 2 heterocycles. The van der Waals surface area contributed by atoms with Gasteiger partial charge in [-0.1, -0.05) is 34.1 Å². The molecular weight excluding hydrogens is 334 g/mol. The molecule has 2 aliphatic heterocycles. The van der Waals surface area contributed by atoms with Crippen molar-refractivity contribution in [3.05, 3.63) is 34.3 Å². The summed E-state index contributed by atoms with van der Waals surface area (Å²) < 4.78 is 7.35. The molecule has 1 unspecified atom stereocenters. The third kappa shape index (κ3) is 3.59. The van der Waals surface area contributed by atoms with Gasteiger partial charge in [-0.2, -0.15) is 11.8 Å². The van der Waals surface area contributed by atoms with Crippen LogP contribution in [0.5, 0.6) is 0 Å². The number of benzene rings is 1. The van der Waals surface area contributed by atoms with Crippen LogP contribution in [0, 0.1) is 0 Å². The van der Waals surface area contributed by atoms with Gasteiger partial charge in [0, 0.05) is 23.7 Å². The summed E-state index contributed by atoms with van der Waals surface area (Å²) in [5, 5.41) is 3.73. The van der Waals surface area contributed by atoms with Crippen molar-refractivity contribution < 1.29 is 4.74 Å². The van der Waals surface area contributed by atoms with E-state index in [0.29, 0.717) is 6.04 Å². The van der Waals surface area contributed by atoms with Gasteiger partial charge in [0.25, 0.3) is 0 Å². The monoisotopic (exact) mass is 355 g/mol. The highest BCUT2D eigenvalue weighted by Crippen LogP contribution is 2.37. The van der Waals surface area contributed by atoms with Crippen molar-refractivity contribution in [3.8, 4) is 0 Å². The van der Waals surface area contributed by atoms with Gasteiger partial charge in [0.15, 0.2) is 0 Å². The maximum atomic E-state index is 6.15. The summed E-state index contributed by atoms with van der Waals surface area (Å²) in [5.41, 5.74) is 1.52. The largest absolute Gasteiger partial charge is 0.375 e. The standard InChI is InChI=1S/C16H22BrNOS/c17-15-4-2-1-3-13(15)12-18-14-5-8-19-16(11-14)6-9-20-10-7-16/h1-4,14,18H,5-12H2.